The quantitative estimate of drug-likeness (QED) is 0.337. The van der Waals surface area contributed by atoms with Crippen molar-refractivity contribution in [1.82, 2.24) is 14.9 Å². The monoisotopic (exact) mass is 416 g/mol. The van der Waals surface area contributed by atoms with E-state index in [0.29, 0.717) is 16.3 Å². The van der Waals surface area contributed by atoms with E-state index in [2.05, 4.69) is 39.6 Å². The second-order valence-corrected chi connectivity index (χ2v) is 6.84. The van der Waals surface area contributed by atoms with Crippen molar-refractivity contribution in [3.8, 4) is 22.6 Å². The van der Waals surface area contributed by atoms with Crippen LogP contribution in [-0.2, 0) is 6.61 Å². The van der Waals surface area contributed by atoms with Crippen molar-refractivity contribution in [2.45, 2.75) is 6.61 Å². The summed E-state index contributed by atoms with van der Waals surface area (Å²) in [6, 6.07) is 25.8. The molecule has 150 valence electrons. The van der Waals surface area contributed by atoms with Crippen LogP contribution in [-0.4, -0.2) is 28.2 Å². The second-order valence-electron chi connectivity index (χ2n) is 6.46. The number of hydrogen-bond donors (Lipinski definition) is 1. The predicted octanol–water partition coefficient (Wildman–Crippen LogP) is 5.08. The fourth-order valence-corrected chi connectivity index (χ4v) is 3.09. The van der Waals surface area contributed by atoms with Gasteiger partial charge in [0.25, 0.3) is 0 Å². The highest BCUT2D eigenvalue weighted by molar-refractivity contribution is 7.71. The van der Waals surface area contributed by atoms with Crippen LogP contribution >= 0.6 is 12.2 Å². The first-order chi connectivity index (χ1) is 14.7. The summed E-state index contributed by atoms with van der Waals surface area (Å²) in [5.74, 6) is 1.97. The van der Waals surface area contributed by atoms with Crippen molar-refractivity contribution in [1.29, 1.82) is 0 Å². The normalized spacial score (nSPS) is 11.0. The molecule has 0 amide bonds. The highest BCUT2D eigenvalue weighted by Gasteiger charge is 2.07. The fourth-order valence-electron chi connectivity index (χ4n) is 2.89. The van der Waals surface area contributed by atoms with Crippen LogP contribution in [0, 0.1) is 4.77 Å². The topological polar surface area (TPSA) is 64.4 Å². The van der Waals surface area contributed by atoms with Crippen molar-refractivity contribution in [2.75, 3.05) is 7.11 Å². The Hall–Kier alpha value is -3.71. The molecule has 0 aliphatic carbocycles. The van der Waals surface area contributed by atoms with Gasteiger partial charge in [0.2, 0.25) is 4.77 Å². The standard InChI is InChI=1S/C23H20N4O2S/c1-28-20-8-5-9-21(14-20)29-16-22-25-26-23(30)27(22)24-15-17-10-12-19(13-11-17)18-6-3-2-4-7-18/h2-15H,16H2,1H3,(H,26,30)/b24-15-. The van der Waals surface area contributed by atoms with Gasteiger partial charge in [-0.15, -0.1) is 0 Å². The van der Waals surface area contributed by atoms with Gasteiger partial charge in [0.05, 0.1) is 13.3 Å². The zero-order valence-electron chi connectivity index (χ0n) is 16.4. The van der Waals surface area contributed by atoms with Crippen molar-refractivity contribution >= 4 is 18.4 Å². The molecule has 30 heavy (non-hydrogen) atoms. The molecule has 0 aliphatic rings. The zero-order chi connectivity index (χ0) is 20.8. The van der Waals surface area contributed by atoms with Crippen LogP contribution in [0.4, 0.5) is 0 Å². The van der Waals surface area contributed by atoms with E-state index < -0.39 is 0 Å². The Labute approximate surface area is 179 Å². The number of ether oxygens (including phenoxy) is 2. The number of benzene rings is 3. The van der Waals surface area contributed by atoms with Crippen LogP contribution in [0.5, 0.6) is 11.5 Å². The minimum Gasteiger partial charge on any atom is -0.497 e. The first-order valence-corrected chi connectivity index (χ1v) is 9.77. The zero-order valence-corrected chi connectivity index (χ0v) is 17.2. The average molecular weight is 417 g/mol. The number of aromatic nitrogens is 3. The highest BCUT2D eigenvalue weighted by atomic mass is 32.1. The van der Waals surface area contributed by atoms with Crippen LogP contribution in [0.2, 0.25) is 0 Å². The number of H-pyrrole nitrogens is 1. The van der Waals surface area contributed by atoms with E-state index in [4.69, 9.17) is 21.7 Å². The van der Waals surface area contributed by atoms with Crippen molar-refractivity contribution < 1.29 is 9.47 Å². The van der Waals surface area contributed by atoms with E-state index in [1.807, 2.05) is 54.6 Å². The molecule has 7 heteroatoms. The molecule has 0 atom stereocenters. The molecule has 1 heterocycles. The maximum atomic E-state index is 5.80. The third kappa shape index (κ3) is 4.64. The summed E-state index contributed by atoms with van der Waals surface area (Å²) in [6.07, 6.45) is 1.75. The number of nitrogens with one attached hydrogen (secondary N) is 1. The Kier molecular flexibility index (Phi) is 6.01. The number of hydrogen-bond acceptors (Lipinski definition) is 5. The lowest BCUT2D eigenvalue weighted by atomic mass is 10.0. The summed E-state index contributed by atoms with van der Waals surface area (Å²) < 4.78 is 13.0. The van der Waals surface area contributed by atoms with E-state index >= 15 is 0 Å². The molecule has 0 radical (unpaired) electrons. The maximum Gasteiger partial charge on any atom is 0.216 e. The number of aromatic amines is 1. The van der Waals surface area contributed by atoms with Gasteiger partial charge in [-0.3, -0.25) is 0 Å². The fraction of sp³-hybridized carbons (Fsp3) is 0.0870. The third-order valence-corrected chi connectivity index (χ3v) is 4.73. The number of nitrogens with zero attached hydrogens (tertiary/aromatic N) is 3. The molecule has 6 nitrogen and oxygen atoms in total. The van der Waals surface area contributed by atoms with Gasteiger partial charge in [0, 0.05) is 6.07 Å². The summed E-state index contributed by atoms with van der Waals surface area (Å²) in [6.45, 7) is 0.213. The lowest BCUT2D eigenvalue weighted by molar-refractivity contribution is 0.288. The van der Waals surface area contributed by atoms with Gasteiger partial charge in [0.1, 0.15) is 18.1 Å². The largest absolute Gasteiger partial charge is 0.497 e. The molecule has 3 aromatic carbocycles. The predicted molar refractivity (Wildman–Crippen MR) is 120 cm³/mol. The van der Waals surface area contributed by atoms with E-state index in [0.717, 1.165) is 16.9 Å². The SMILES string of the molecule is COc1cccc(OCc2n[nH]c(=S)n2/N=C\c2ccc(-c3ccccc3)cc2)c1. The first-order valence-electron chi connectivity index (χ1n) is 9.36. The average Bonchev–Trinajstić information content (AvgIpc) is 3.16. The first kappa shape index (κ1) is 19.6. The van der Waals surface area contributed by atoms with E-state index in [-0.39, 0.29) is 6.61 Å². The van der Waals surface area contributed by atoms with Crippen LogP contribution in [0.25, 0.3) is 11.1 Å². The van der Waals surface area contributed by atoms with Gasteiger partial charge in [0.15, 0.2) is 5.82 Å². The summed E-state index contributed by atoms with van der Waals surface area (Å²) >= 11 is 5.30. The molecule has 4 aromatic rings. The van der Waals surface area contributed by atoms with E-state index in [9.17, 15) is 0 Å². The lowest BCUT2D eigenvalue weighted by Gasteiger charge is -2.07. The van der Waals surface area contributed by atoms with Gasteiger partial charge >= 0.3 is 0 Å². The van der Waals surface area contributed by atoms with Crippen LogP contribution in [0.15, 0.2) is 84.0 Å². The Balaban J connectivity index is 1.47. The number of methoxy groups -OCH3 is 1. The van der Waals surface area contributed by atoms with Crippen LogP contribution < -0.4 is 9.47 Å². The summed E-state index contributed by atoms with van der Waals surface area (Å²) in [5, 5.41) is 11.4. The molecule has 4 rings (SSSR count). The molecule has 0 bridgehead atoms. The second kappa shape index (κ2) is 9.19. The molecule has 1 N–H and O–H groups in total. The van der Waals surface area contributed by atoms with Gasteiger partial charge in [-0.1, -0.05) is 60.7 Å². The highest BCUT2D eigenvalue weighted by Crippen LogP contribution is 2.20. The van der Waals surface area contributed by atoms with Gasteiger partial charge in [-0.05, 0) is 41.0 Å². The molecule has 0 fully saturated rings. The van der Waals surface area contributed by atoms with Crippen molar-refractivity contribution in [3.63, 3.8) is 0 Å². The molecular formula is C23H20N4O2S. The number of rotatable bonds is 7. The summed E-state index contributed by atoms with van der Waals surface area (Å²) in [7, 11) is 1.62. The molecule has 0 unspecified atom stereocenters. The van der Waals surface area contributed by atoms with Crippen LogP contribution in [0.1, 0.15) is 11.4 Å². The van der Waals surface area contributed by atoms with Crippen molar-refractivity contribution in [3.05, 3.63) is 95.0 Å². The molecular weight excluding hydrogens is 396 g/mol. The van der Waals surface area contributed by atoms with Crippen molar-refractivity contribution in [2.24, 2.45) is 5.10 Å². The van der Waals surface area contributed by atoms with Gasteiger partial charge in [-0.25, -0.2) is 5.10 Å². The Morgan fingerprint density at radius 3 is 2.47 bits per heavy atom. The Morgan fingerprint density at radius 2 is 1.70 bits per heavy atom. The lowest BCUT2D eigenvalue weighted by Crippen LogP contribution is -2.04. The third-order valence-electron chi connectivity index (χ3n) is 4.47. The minimum atomic E-state index is 0.213. The van der Waals surface area contributed by atoms with Gasteiger partial charge < -0.3 is 9.47 Å². The summed E-state index contributed by atoms with van der Waals surface area (Å²) in [4.78, 5) is 0. The minimum absolute atomic E-state index is 0.213. The Morgan fingerprint density at radius 1 is 0.967 bits per heavy atom. The van der Waals surface area contributed by atoms with E-state index in [1.165, 1.54) is 5.56 Å². The van der Waals surface area contributed by atoms with E-state index in [1.54, 1.807) is 18.0 Å². The van der Waals surface area contributed by atoms with Gasteiger partial charge in [-0.2, -0.15) is 14.9 Å². The molecule has 0 saturated heterocycles. The molecule has 0 aliphatic heterocycles. The maximum absolute atomic E-state index is 5.80. The summed E-state index contributed by atoms with van der Waals surface area (Å²) in [5.41, 5.74) is 3.28. The molecule has 1 aromatic heterocycles. The van der Waals surface area contributed by atoms with Crippen LogP contribution in [0.3, 0.4) is 0 Å². The molecule has 0 saturated carbocycles. The smallest absolute Gasteiger partial charge is 0.216 e. The molecule has 0 spiro atoms. The Bertz CT molecular complexity index is 1200.